The van der Waals surface area contributed by atoms with Gasteiger partial charge in [-0.3, -0.25) is 4.90 Å². The lowest BCUT2D eigenvalue weighted by Gasteiger charge is -2.33. The molecule has 0 spiro atoms. The van der Waals surface area contributed by atoms with Gasteiger partial charge >= 0.3 is 0 Å². The summed E-state index contributed by atoms with van der Waals surface area (Å²) in [5.74, 6) is 1.09. The summed E-state index contributed by atoms with van der Waals surface area (Å²) in [5, 5.41) is 10.2. The van der Waals surface area contributed by atoms with Gasteiger partial charge in [-0.1, -0.05) is 0 Å². The minimum Gasteiger partial charge on any atom is -0.389 e. The van der Waals surface area contributed by atoms with E-state index in [9.17, 15) is 5.11 Å². The van der Waals surface area contributed by atoms with Crippen molar-refractivity contribution in [2.24, 2.45) is 0 Å². The predicted molar refractivity (Wildman–Crippen MR) is 77.1 cm³/mol. The standard InChI is InChI=1S/C15H27N3O/c1-13-16-8-12-17(13)9-4-5-10-18-11-6-7-14(18)15(2,3)19/h8,12,14,19H,4-7,9-11H2,1-3H3. The highest BCUT2D eigenvalue weighted by atomic mass is 16.3. The highest BCUT2D eigenvalue weighted by Gasteiger charge is 2.35. The van der Waals surface area contributed by atoms with E-state index in [1.807, 2.05) is 33.2 Å². The minimum absolute atomic E-state index is 0.336. The quantitative estimate of drug-likeness (QED) is 0.802. The average molecular weight is 265 g/mol. The topological polar surface area (TPSA) is 41.3 Å². The van der Waals surface area contributed by atoms with Gasteiger partial charge in [0, 0.05) is 25.0 Å². The molecule has 1 N–H and O–H groups in total. The molecule has 1 fully saturated rings. The predicted octanol–water partition coefficient (Wildman–Crippen LogP) is 2.21. The van der Waals surface area contributed by atoms with Gasteiger partial charge in [-0.15, -0.1) is 0 Å². The Morgan fingerprint density at radius 1 is 1.37 bits per heavy atom. The molecule has 0 saturated carbocycles. The SMILES string of the molecule is Cc1nccn1CCCCN1CCCC1C(C)(C)O. The number of likely N-dealkylation sites (tertiary alicyclic amines) is 1. The molecule has 108 valence electrons. The molecule has 2 heterocycles. The van der Waals surface area contributed by atoms with Crippen LogP contribution in [0.15, 0.2) is 12.4 Å². The summed E-state index contributed by atoms with van der Waals surface area (Å²) in [5.41, 5.74) is -0.572. The highest BCUT2D eigenvalue weighted by Crippen LogP contribution is 2.26. The van der Waals surface area contributed by atoms with Crippen LogP contribution in [0.5, 0.6) is 0 Å². The second kappa shape index (κ2) is 6.06. The van der Waals surface area contributed by atoms with Crippen molar-refractivity contribution in [3.05, 3.63) is 18.2 Å². The highest BCUT2D eigenvalue weighted by molar-refractivity contribution is 4.91. The number of aryl methyl sites for hydroxylation is 2. The molecule has 2 rings (SSSR count). The Labute approximate surface area is 116 Å². The van der Waals surface area contributed by atoms with Crippen molar-refractivity contribution in [1.29, 1.82) is 0 Å². The molecule has 4 nitrogen and oxygen atoms in total. The van der Waals surface area contributed by atoms with E-state index >= 15 is 0 Å². The number of aliphatic hydroxyl groups is 1. The summed E-state index contributed by atoms with van der Waals surface area (Å²) in [4.78, 5) is 6.70. The van der Waals surface area contributed by atoms with Gasteiger partial charge in [0.2, 0.25) is 0 Å². The van der Waals surface area contributed by atoms with Gasteiger partial charge in [0.05, 0.1) is 5.60 Å². The zero-order valence-corrected chi connectivity index (χ0v) is 12.5. The lowest BCUT2D eigenvalue weighted by molar-refractivity contribution is -0.00280. The fourth-order valence-corrected chi connectivity index (χ4v) is 3.13. The zero-order valence-electron chi connectivity index (χ0n) is 12.5. The van der Waals surface area contributed by atoms with Crippen molar-refractivity contribution in [2.75, 3.05) is 13.1 Å². The van der Waals surface area contributed by atoms with Crippen molar-refractivity contribution in [3.8, 4) is 0 Å². The number of hydrogen-bond acceptors (Lipinski definition) is 3. The van der Waals surface area contributed by atoms with Crippen molar-refractivity contribution in [1.82, 2.24) is 14.5 Å². The third kappa shape index (κ3) is 3.80. The second-order valence-electron chi connectivity index (χ2n) is 6.22. The van der Waals surface area contributed by atoms with Gasteiger partial charge in [-0.2, -0.15) is 0 Å². The molecule has 1 aliphatic rings. The van der Waals surface area contributed by atoms with Gasteiger partial charge in [0.1, 0.15) is 5.82 Å². The summed E-state index contributed by atoms with van der Waals surface area (Å²) in [6, 6.07) is 0.336. The molecule has 1 aromatic rings. The Kier molecular flexibility index (Phi) is 4.63. The van der Waals surface area contributed by atoms with Crippen molar-refractivity contribution >= 4 is 0 Å². The average Bonchev–Trinajstić information content (AvgIpc) is 2.93. The summed E-state index contributed by atoms with van der Waals surface area (Å²) >= 11 is 0. The van der Waals surface area contributed by atoms with Crippen LogP contribution in [-0.2, 0) is 6.54 Å². The van der Waals surface area contributed by atoms with E-state index in [0.717, 1.165) is 31.9 Å². The lowest BCUT2D eigenvalue weighted by Crippen LogP contribution is -2.45. The summed E-state index contributed by atoms with van der Waals surface area (Å²) in [7, 11) is 0. The molecule has 1 aromatic heterocycles. The molecular weight excluding hydrogens is 238 g/mol. The molecular formula is C15H27N3O. The fraction of sp³-hybridized carbons (Fsp3) is 0.800. The molecule has 1 saturated heterocycles. The van der Waals surface area contributed by atoms with Crippen molar-refractivity contribution in [3.63, 3.8) is 0 Å². The molecule has 0 radical (unpaired) electrons. The molecule has 1 unspecified atom stereocenters. The second-order valence-corrected chi connectivity index (χ2v) is 6.22. The van der Waals surface area contributed by atoms with Crippen molar-refractivity contribution < 1.29 is 5.11 Å². The van der Waals surface area contributed by atoms with E-state index in [2.05, 4.69) is 14.5 Å². The first-order valence-corrected chi connectivity index (χ1v) is 7.42. The lowest BCUT2D eigenvalue weighted by atomic mass is 9.96. The fourth-order valence-electron chi connectivity index (χ4n) is 3.13. The van der Waals surface area contributed by atoms with Gasteiger partial charge < -0.3 is 9.67 Å². The smallest absolute Gasteiger partial charge is 0.105 e. The Hall–Kier alpha value is -0.870. The van der Waals surface area contributed by atoms with Crippen LogP contribution in [-0.4, -0.2) is 44.3 Å². The first kappa shape index (κ1) is 14.5. The third-order valence-electron chi connectivity index (χ3n) is 4.20. The molecule has 0 amide bonds. The maximum atomic E-state index is 10.2. The zero-order chi connectivity index (χ0) is 13.9. The molecule has 19 heavy (non-hydrogen) atoms. The number of aromatic nitrogens is 2. The first-order chi connectivity index (χ1) is 8.98. The first-order valence-electron chi connectivity index (χ1n) is 7.42. The van der Waals surface area contributed by atoms with E-state index in [0.29, 0.717) is 6.04 Å². The van der Waals surface area contributed by atoms with Gasteiger partial charge in [0.15, 0.2) is 0 Å². The maximum Gasteiger partial charge on any atom is 0.105 e. The van der Waals surface area contributed by atoms with Gasteiger partial charge in [-0.25, -0.2) is 4.98 Å². The van der Waals surface area contributed by atoms with Crippen LogP contribution in [0, 0.1) is 6.92 Å². The maximum absolute atomic E-state index is 10.2. The van der Waals surface area contributed by atoms with E-state index in [1.54, 1.807) is 0 Å². The Morgan fingerprint density at radius 2 is 2.11 bits per heavy atom. The largest absolute Gasteiger partial charge is 0.389 e. The summed E-state index contributed by atoms with van der Waals surface area (Å²) < 4.78 is 2.21. The number of nitrogens with zero attached hydrogens (tertiary/aromatic N) is 3. The van der Waals surface area contributed by atoms with Crippen LogP contribution in [0.2, 0.25) is 0 Å². The van der Waals surface area contributed by atoms with Gasteiger partial charge in [0.25, 0.3) is 0 Å². The van der Waals surface area contributed by atoms with Gasteiger partial charge in [-0.05, 0) is 59.5 Å². The Bertz CT molecular complexity index is 394. The van der Waals surface area contributed by atoms with Crippen LogP contribution in [0.3, 0.4) is 0 Å². The Balaban J connectivity index is 1.72. The van der Waals surface area contributed by atoms with E-state index in [1.165, 1.54) is 19.3 Å². The molecule has 1 aliphatic heterocycles. The number of imidazole rings is 1. The molecule has 0 aliphatic carbocycles. The normalized spacial score (nSPS) is 21.2. The van der Waals surface area contributed by atoms with Crippen LogP contribution in [0.4, 0.5) is 0 Å². The number of rotatable bonds is 6. The molecule has 0 aromatic carbocycles. The molecule has 4 heteroatoms. The van der Waals surface area contributed by atoms with Crippen LogP contribution >= 0.6 is 0 Å². The van der Waals surface area contributed by atoms with Crippen molar-refractivity contribution in [2.45, 2.75) is 64.6 Å². The molecule has 1 atom stereocenters. The number of hydrogen-bond donors (Lipinski definition) is 1. The monoisotopic (exact) mass is 265 g/mol. The number of unbranched alkanes of at least 4 members (excludes halogenated alkanes) is 1. The van der Waals surface area contributed by atoms with E-state index in [-0.39, 0.29) is 0 Å². The molecule has 0 bridgehead atoms. The minimum atomic E-state index is -0.572. The van der Waals surface area contributed by atoms with E-state index < -0.39 is 5.60 Å². The third-order valence-corrected chi connectivity index (χ3v) is 4.20. The summed E-state index contributed by atoms with van der Waals surface area (Å²) in [6.07, 6.45) is 8.61. The van der Waals surface area contributed by atoms with E-state index in [4.69, 9.17) is 0 Å². The summed E-state index contributed by atoms with van der Waals surface area (Å²) in [6.45, 7) is 9.20. The Morgan fingerprint density at radius 3 is 2.74 bits per heavy atom. The van der Waals surface area contributed by atoms with Crippen LogP contribution < -0.4 is 0 Å². The van der Waals surface area contributed by atoms with Crippen LogP contribution in [0.25, 0.3) is 0 Å². The van der Waals surface area contributed by atoms with Crippen LogP contribution in [0.1, 0.15) is 45.4 Å².